The Morgan fingerprint density at radius 3 is 2.50 bits per heavy atom. The van der Waals surface area contributed by atoms with Crippen molar-refractivity contribution in [3.05, 3.63) is 57.2 Å². The summed E-state index contributed by atoms with van der Waals surface area (Å²) >= 11 is 18.5. The smallest absolute Gasteiger partial charge is 0.161 e. The normalized spacial score (nSPS) is 11.0. The third-order valence-corrected chi connectivity index (χ3v) is 3.86. The van der Waals surface area contributed by atoms with E-state index in [1.807, 2.05) is 31.2 Å². The fraction of sp³-hybridized carbons (Fsp3) is 0.0667. The Bertz CT molecular complexity index is 816. The first-order valence-corrected chi connectivity index (χ1v) is 7.08. The molecule has 2 aromatic carbocycles. The van der Waals surface area contributed by atoms with Gasteiger partial charge < -0.3 is 0 Å². The van der Waals surface area contributed by atoms with Crippen molar-refractivity contribution in [2.24, 2.45) is 0 Å². The molecule has 0 aliphatic heterocycles. The van der Waals surface area contributed by atoms with E-state index in [4.69, 9.17) is 34.8 Å². The second-order valence-electron chi connectivity index (χ2n) is 4.44. The van der Waals surface area contributed by atoms with Gasteiger partial charge in [0.25, 0.3) is 0 Å². The summed E-state index contributed by atoms with van der Waals surface area (Å²) in [6, 6.07) is 11.0. The second-order valence-corrected chi connectivity index (χ2v) is 5.64. The summed E-state index contributed by atoms with van der Waals surface area (Å²) in [6.45, 7) is 1.95. The molecule has 0 radical (unpaired) electrons. The lowest BCUT2D eigenvalue weighted by molar-refractivity contribution is 1.22. The first-order valence-electron chi connectivity index (χ1n) is 5.94. The zero-order valence-electron chi connectivity index (χ0n) is 10.5. The number of aryl methyl sites for hydroxylation is 1. The minimum absolute atomic E-state index is 0.393. The van der Waals surface area contributed by atoms with Gasteiger partial charge in [-0.25, -0.2) is 9.97 Å². The molecule has 3 rings (SSSR count). The van der Waals surface area contributed by atoms with Crippen molar-refractivity contribution in [3.63, 3.8) is 0 Å². The van der Waals surface area contributed by atoms with E-state index in [-0.39, 0.29) is 0 Å². The largest absolute Gasteiger partial charge is 0.226 e. The third kappa shape index (κ3) is 2.35. The summed E-state index contributed by atoms with van der Waals surface area (Å²) < 4.78 is 0. The van der Waals surface area contributed by atoms with Crippen LogP contribution in [-0.4, -0.2) is 9.97 Å². The summed E-state index contributed by atoms with van der Waals surface area (Å²) in [5, 5.41) is 2.35. The van der Waals surface area contributed by atoms with Gasteiger partial charge in [0.05, 0.1) is 10.5 Å². The number of hydrogen-bond acceptors (Lipinski definition) is 2. The van der Waals surface area contributed by atoms with Gasteiger partial charge in [-0.1, -0.05) is 53.0 Å². The minimum atomic E-state index is 0.393. The van der Waals surface area contributed by atoms with Crippen molar-refractivity contribution in [2.45, 2.75) is 6.92 Å². The molecule has 0 saturated heterocycles. The van der Waals surface area contributed by atoms with Crippen LogP contribution in [0.5, 0.6) is 0 Å². The molecule has 0 bridgehead atoms. The van der Waals surface area contributed by atoms with Crippen LogP contribution in [0.2, 0.25) is 15.2 Å². The standard InChI is InChI=1S/C15H9Cl3N2/c1-8-5-6-11(17)13-12(8)14(18)20-15(19-13)9-3-2-4-10(16)7-9/h2-7H,1H3. The molecule has 3 aromatic rings. The maximum Gasteiger partial charge on any atom is 0.161 e. The first-order chi connectivity index (χ1) is 9.56. The Hall–Kier alpha value is -1.35. The van der Waals surface area contributed by atoms with Crippen molar-refractivity contribution < 1.29 is 0 Å². The zero-order valence-corrected chi connectivity index (χ0v) is 12.8. The SMILES string of the molecule is Cc1ccc(Cl)c2nc(-c3cccc(Cl)c3)nc(Cl)c12. The highest BCUT2D eigenvalue weighted by Crippen LogP contribution is 2.32. The fourth-order valence-corrected chi connectivity index (χ4v) is 2.78. The van der Waals surface area contributed by atoms with Gasteiger partial charge >= 0.3 is 0 Å². The van der Waals surface area contributed by atoms with E-state index < -0.39 is 0 Å². The van der Waals surface area contributed by atoms with Crippen molar-refractivity contribution in [1.82, 2.24) is 9.97 Å². The number of fused-ring (bicyclic) bond motifs is 1. The fourth-order valence-electron chi connectivity index (χ4n) is 2.07. The van der Waals surface area contributed by atoms with E-state index in [0.29, 0.717) is 26.5 Å². The number of halogens is 3. The average Bonchev–Trinajstić information content (AvgIpc) is 2.42. The number of rotatable bonds is 1. The van der Waals surface area contributed by atoms with Crippen molar-refractivity contribution in [3.8, 4) is 11.4 Å². The topological polar surface area (TPSA) is 25.8 Å². The summed E-state index contributed by atoms with van der Waals surface area (Å²) in [5.74, 6) is 0.512. The predicted octanol–water partition coefficient (Wildman–Crippen LogP) is 5.57. The highest BCUT2D eigenvalue weighted by Gasteiger charge is 2.12. The quantitative estimate of drug-likeness (QED) is 0.547. The molecule has 1 aromatic heterocycles. The number of benzene rings is 2. The molecular weight excluding hydrogens is 315 g/mol. The van der Waals surface area contributed by atoms with Gasteiger partial charge in [-0.15, -0.1) is 0 Å². The van der Waals surface area contributed by atoms with Crippen LogP contribution < -0.4 is 0 Å². The van der Waals surface area contributed by atoms with Crippen LogP contribution in [0.25, 0.3) is 22.3 Å². The summed E-state index contributed by atoms with van der Waals surface area (Å²) in [6.07, 6.45) is 0. The maximum atomic E-state index is 6.29. The van der Waals surface area contributed by atoms with E-state index in [2.05, 4.69) is 9.97 Å². The molecule has 0 spiro atoms. The molecule has 0 aliphatic carbocycles. The summed E-state index contributed by atoms with van der Waals surface area (Å²) in [5.41, 5.74) is 2.45. The van der Waals surface area contributed by atoms with Crippen LogP contribution in [0.4, 0.5) is 0 Å². The van der Waals surface area contributed by atoms with Crippen LogP contribution in [0.1, 0.15) is 5.56 Å². The molecule has 0 amide bonds. The highest BCUT2D eigenvalue weighted by molar-refractivity contribution is 6.38. The zero-order chi connectivity index (χ0) is 14.3. The molecular formula is C15H9Cl3N2. The monoisotopic (exact) mass is 322 g/mol. The minimum Gasteiger partial charge on any atom is -0.226 e. The Morgan fingerprint density at radius 2 is 1.75 bits per heavy atom. The van der Waals surface area contributed by atoms with Gasteiger partial charge in [-0.3, -0.25) is 0 Å². The van der Waals surface area contributed by atoms with Crippen molar-refractivity contribution in [1.29, 1.82) is 0 Å². The van der Waals surface area contributed by atoms with Gasteiger partial charge in [0.15, 0.2) is 5.82 Å². The predicted molar refractivity (Wildman–Crippen MR) is 84.7 cm³/mol. The van der Waals surface area contributed by atoms with E-state index in [1.54, 1.807) is 12.1 Å². The molecule has 1 heterocycles. The van der Waals surface area contributed by atoms with Crippen LogP contribution >= 0.6 is 34.8 Å². The van der Waals surface area contributed by atoms with Gasteiger partial charge in [0, 0.05) is 16.0 Å². The molecule has 0 N–H and O–H groups in total. The van der Waals surface area contributed by atoms with Crippen LogP contribution in [0.15, 0.2) is 36.4 Å². The molecule has 20 heavy (non-hydrogen) atoms. The molecule has 100 valence electrons. The van der Waals surface area contributed by atoms with E-state index >= 15 is 0 Å². The molecule has 2 nitrogen and oxygen atoms in total. The first kappa shape index (κ1) is 13.6. The Balaban J connectivity index is 2.32. The summed E-state index contributed by atoms with van der Waals surface area (Å²) in [4.78, 5) is 8.87. The van der Waals surface area contributed by atoms with Crippen LogP contribution in [0, 0.1) is 6.92 Å². The van der Waals surface area contributed by atoms with Gasteiger partial charge in [-0.05, 0) is 30.7 Å². The lowest BCUT2D eigenvalue weighted by atomic mass is 10.1. The second kappa shape index (κ2) is 5.21. The molecule has 0 fully saturated rings. The average molecular weight is 324 g/mol. The van der Waals surface area contributed by atoms with Gasteiger partial charge in [-0.2, -0.15) is 0 Å². The van der Waals surface area contributed by atoms with Crippen molar-refractivity contribution in [2.75, 3.05) is 0 Å². The van der Waals surface area contributed by atoms with Crippen LogP contribution in [0.3, 0.4) is 0 Å². The lowest BCUT2D eigenvalue weighted by Crippen LogP contribution is -1.94. The van der Waals surface area contributed by atoms with E-state index in [9.17, 15) is 0 Å². The number of nitrogens with zero attached hydrogens (tertiary/aromatic N) is 2. The molecule has 0 atom stereocenters. The number of hydrogen-bond donors (Lipinski definition) is 0. The van der Waals surface area contributed by atoms with Gasteiger partial charge in [0.2, 0.25) is 0 Å². The lowest BCUT2D eigenvalue weighted by Gasteiger charge is -2.08. The van der Waals surface area contributed by atoms with Crippen LogP contribution in [-0.2, 0) is 0 Å². The Labute approximate surface area is 131 Å². The molecule has 0 unspecified atom stereocenters. The number of aromatic nitrogens is 2. The molecule has 0 saturated carbocycles. The molecule has 0 aliphatic rings. The third-order valence-electron chi connectivity index (χ3n) is 3.05. The summed E-state index contributed by atoms with van der Waals surface area (Å²) in [7, 11) is 0. The highest BCUT2D eigenvalue weighted by atomic mass is 35.5. The Kier molecular flexibility index (Phi) is 3.55. The maximum absolute atomic E-state index is 6.29. The van der Waals surface area contributed by atoms with Gasteiger partial charge in [0.1, 0.15) is 5.15 Å². The van der Waals surface area contributed by atoms with E-state index in [1.165, 1.54) is 0 Å². The van der Waals surface area contributed by atoms with E-state index in [0.717, 1.165) is 16.5 Å². The molecule has 5 heteroatoms. The Morgan fingerprint density at radius 1 is 0.950 bits per heavy atom. The van der Waals surface area contributed by atoms with Crippen molar-refractivity contribution >= 4 is 45.7 Å².